The van der Waals surface area contributed by atoms with Gasteiger partial charge in [-0.05, 0) is 48.4 Å². The molecule has 0 unspecified atom stereocenters. The maximum Gasteiger partial charge on any atom is 0.254 e. The number of morpholine rings is 1. The number of ether oxygens (including phenoxy) is 2. The van der Waals surface area contributed by atoms with Crippen LogP contribution in [0.4, 0.5) is 0 Å². The largest absolute Gasteiger partial charge is 0.494 e. The van der Waals surface area contributed by atoms with E-state index < -0.39 is 0 Å². The standard InChI is InChI=1S/C31H32N4O3/c1-2-38-28-15-13-27(14-16-28)35-29(24-9-5-3-6-10-24)21-26(31(35)25-11-7-4-8-12-25)22-32-33-30(36)23-34-17-19-37-20-18-34/h3-16,21-22H,2,17-20,23H2,1H3,(H,33,36)/b32-22-. The number of benzene rings is 3. The van der Waals surface area contributed by atoms with E-state index >= 15 is 0 Å². The third kappa shape index (κ3) is 6.02. The van der Waals surface area contributed by atoms with Gasteiger partial charge in [-0.3, -0.25) is 9.69 Å². The zero-order chi connectivity index (χ0) is 26.2. The molecule has 1 aliphatic heterocycles. The fraction of sp³-hybridized carbons (Fsp3) is 0.226. The number of hydrazone groups is 1. The Balaban J connectivity index is 1.54. The molecule has 0 bridgehead atoms. The van der Waals surface area contributed by atoms with Gasteiger partial charge in [0.1, 0.15) is 5.75 Å². The maximum atomic E-state index is 12.5. The molecule has 0 atom stereocenters. The molecule has 0 aliphatic carbocycles. The zero-order valence-electron chi connectivity index (χ0n) is 21.5. The summed E-state index contributed by atoms with van der Waals surface area (Å²) >= 11 is 0. The first-order chi connectivity index (χ1) is 18.7. The maximum absolute atomic E-state index is 12.5. The average Bonchev–Trinajstić information content (AvgIpc) is 3.34. The molecule has 7 heteroatoms. The van der Waals surface area contributed by atoms with Crippen molar-refractivity contribution < 1.29 is 14.3 Å². The van der Waals surface area contributed by atoms with Crippen molar-refractivity contribution in [3.8, 4) is 34.0 Å². The van der Waals surface area contributed by atoms with Crippen LogP contribution in [0.2, 0.25) is 0 Å². The number of hydrogen-bond acceptors (Lipinski definition) is 5. The molecule has 1 amide bonds. The topological polar surface area (TPSA) is 68.1 Å². The third-order valence-corrected chi connectivity index (χ3v) is 6.42. The first-order valence-corrected chi connectivity index (χ1v) is 12.9. The van der Waals surface area contributed by atoms with Crippen LogP contribution in [0.25, 0.3) is 28.2 Å². The second kappa shape index (κ2) is 12.4. The van der Waals surface area contributed by atoms with E-state index in [1.54, 1.807) is 6.21 Å². The molecule has 194 valence electrons. The van der Waals surface area contributed by atoms with Crippen molar-refractivity contribution >= 4 is 12.1 Å². The molecular weight excluding hydrogens is 476 g/mol. The van der Waals surface area contributed by atoms with Crippen LogP contribution in [0.3, 0.4) is 0 Å². The van der Waals surface area contributed by atoms with Gasteiger partial charge in [-0.1, -0.05) is 60.7 Å². The number of hydrogen-bond donors (Lipinski definition) is 1. The van der Waals surface area contributed by atoms with Crippen LogP contribution in [0, 0.1) is 0 Å². The van der Waals surface area contributed by atoms with E-state index in [1.807, 2.05) is 55.5 Å². The molecule has 1 aliphatic rings. The summed E-state index contributed by atoms with van der Waals surface area (Å²) in [6.07, 6.45) is 1.73. The highest BCUT2D eigenvalue weighted by atomic mass is 16.5. The minimum atomic E-state index is -0.140. The van der Waals surface area contributed by atoms with Crippen molar-refractivity contribution in [3.05, 3.63) is 96.6 Å². The van der Waals surface area contributed by atoms with Crippen LogP contribution >= 0.6 is 0 Å². The molecule has 0 saturated carbocycles. The number of carbonyl (C=O) groups is 1. The summed E-state index contributed by atoms with van der Waals surface area (Å²) in [5, 5.41) is 4.36. The summed E-state index contributed by atoms with van der Waals surface area (Å²) in [4.78, 5) is 14.6. The minimum absolute atomic E-state index is 0.140. The Morgan fingerprint density at radius 3 is 2.26 bits per heavy atom. The van der Waals surface area contributed by atoms with E-state index in [4.69, 9.17) is 9.47 Å². The van der Waals surface area contributed by atoms with Gasteiger partial charge < -0.3 is 14.0 Å². The number of nitrogens with zero attached hydrogens (tertiary/aromatic N) is 3. The first-order valence-electron chi connectivity index (χ1n) is 12.9. The van der Waals surface area contributed by atoms with E-state index in [0.717, 1.165) is 52.6 Å². The van der Waals surface area contributed by atoms with Crippen molar-refractivity contribution in [2.75, 3.05) is 39.5 Å². The third-order valence-electron chi connectivity index (χ3n) is 6.42. The monoisotopic (exact) mass is 508 g/mol. The number of nitrogens with one attached hydrogen (secondary N) is 1. The average molecular weight is 509 g/mol. The lowest BCUT2D eigenvalue weighted by atomic mass is 10.1. The Morgan fingerprint density at radius 1 is 0.947 bits per heavy atom. The summed E-state index contributed by atoms with van der Waals surface area (Å²) in [5.41, 5.74) is 8.74. The van der Waals surface area contributed by atoms with Gasteiger partial charge in [-0.2, -0.15) is 5.10 Å². The van der Waals surface area contributed by atoms with Crippen LogP contribution in [0.1, 0.15) is 12.5 Å². The predicted octanol–water partition coefficient (Wildman–Crippen LogP) is 4.99. The molecule has 1 saturated heterocycles. The van der Waals surface area contributed by atoms with Gasteiger partial charge in [0, 0.05) is 24.3 Å². The van der Waals surface area contributed by atoms with Crippen LogP contribution < -0.4 is 10.2 Å². The lowest BCUT2D eigenvalue weighted by Crippen LogP contribution is -2.42. The molecule has 5 rings (SSSR count). The lowest BCUT2D eigenvalue weighted by molar-refractivity contribution is -0.123. The van der Waals surface area contributed by atoms with Crippen LogP contribution in [-0.2, 0) is 9.53 Å². The number of carbonyl (C=O) groups excluding carboxylic acids is 1. The zero-order valence-corrected chi connectivity index (χ0v) is 21.5. The fourth-order valence-electron chi connectivity index (χ4n) is 4.64. The summed E-state index contributed by atoms with van der Waals surface area (Å²) in [5.74, 6) is 0.689. The molecule has 3 aromatic carbocycles. The van der Waals surface area contributed by atoms with Gasteiger partial charge >= 0.3 is 0 Å². The van der Waals surface area contributed by atoms with E-state index in [1.165, 1.54) is 0 Å². The van der Waals surface area contributed by atoms with Crippen molar-refractivity contribution in [1.82, 2.24) is 14.9 Å². The fourth-order valence-corrected chi connectivity index (χ4v) is 4.64. The van der Waals surface area contributed by atoms with Crippen LogP contribution in [0.5, 0.6) is 5.75 Å². The molecular formula is C31H32N4O3. The van der Waals surface area contributed by atoms with Gasteiger partial charge in [0.25, 0.3) is 5.91 Å². The van der Waals surface area contributed by atoms with E-state index in [2.05, 4.69) is 62.5 Å². The highest BCUT2D eigenvalue weighted by Gasteiger charge is 2.19. The first kappa shape index (κ1) is 25.4. The van der Waals surface area contributed by atoms with Crippen LogP contribution in [0.15, 0.2) is 96.1 Å². The molecule has 0 radical (unpaired) electrons. The Kier molecular flexibility index (Phi) is 8.28. The highest BCUT2D eigenvalue weighted by molar-refractivity contribution is 5.94. The lowest BCUT2D eigenvalue weighted by Gasteiger charge is -2.25. The van der Waals surface area contributed by atoms with E-state index in [-0.39, 0.29) is 5.91 Å². The molecule has 38 heavy (non-hydrogen) atoms. The Labute approximate surface area is 223 Å². The van der Waals surface area contributed by atoms with Gasteiger partial charge in [0.15, 0.2) is 0 Å². The molecule has 2 heterocycles. The van der Waals surface area contributed by atoms with E-state index in [9.17, 15) is 4.79 Å². The second-order valence-corrected chi connectivity index (χ2v) is 9.01. The quantitative estimate of drug-likeness (QED) is 0.255. The number of amides is 1. The SMILES string of the molecule is CCOc1ccc(-n2c(-c3ccccc3)cc(/C=N\NC(=O)CN3CCOCC3)c2-c2ccccc2)cc1. The summed E-state index contributed by atoms with van der Waals surface area (Å²) in [6, 6.07) is 30.7. The smallest absolute Gasteiger partial charge is 0.254 e. The molecule has 4 aromatic rings. The number of aromatic nitrogens is 1. The van der Waals surface area contributed by atoms with Crippen molar-refractivity contribution in [1.29, 1.82) is 0 Å². The highest BCUT2D eigenvalue weighted by Crippen LogP contribution is 2.35. The van der Waals surface area contributed by atoms with Gasteiger partial charge in [-0.15, -0.1) is 0 Å². The molecule has 0 spiro atoms. The normalized spacial score (nSPS) is 14.0. The number of rotatable bonds is 9. The van der Waals surface area contributed by atoms with Crippen molar-refractivity contribution in [3.63, 3.8) is 0 Å². The Morgan fingerprint density at radius 2 is 1.61 bits per heavy atom. The molecule has 7 nitrogen and oxygen atoms in total. The van der Waals surface area contributed by atoms with Crippen molar-refractivity contribution in [2.45, 2.75) is 6.92 Å². The Bertz CT molecular complexity index is 1360. The van der Waals surface area contributed by atoms with Gasteiger partial charge in [0.2, 0.25) is 0 Å². The summed E-state index contributed by atoms with van der Waals surface area (Å²) in [7, 11) is 0. The summed E-state index contributed by atoms with van der Waals surface area (Å²) < 4.78 is 13.3. The molecule has 1 N–H and O–H groups in total. The van der Waals surface area contributed by atoms with Crippen LogP contribution in [-0.4, -0.2) is 61.0 Å². The van der Waals surface area contributed by atoms with E-state index in [0.29, 0.717) is 26.4 Å². The predicted molar refractivity (Wildman–Crippen MR) is 151 cm³/mol. The molecule has 1 fully saturated rings. The van der Waals surface area contributed by atoms with Gasteiger partial charge in [0.05, 0.1) is 44.0 Å². The minimum Gasteiger partial charge on any atom is -0.494 e. The Hall–Kier alpha value is -4.20. The second-order valence-electron chi connectivity index (χ2n) is 9.01. The molecule has 1 aromatic heterocycles. The summed E-state index contributed by atoms with van der Waals surface area (Å²) in [6.45, 7) is 5.70. The van der Waals surface area contributed by atoms with Crippen molar-refractivity contribution in [2.24, 2.45) is 5.10 Å². The van der Waals surface area contributed by atoms with Gasteiger partial charge in [-0.25, -0.2) is 5.43 Å².